The molecular formula is C22H38N2O16. The molecule has 0 saturated carbocycles. The van der Waals surface area contributed by atoms with Gasteiger partial charge in [0.15, 0.2) is 18.9 Å². The summed E-state index contributed by atoms with van der Waals surface area (Å²) in [6, 6.07) is -2.84. The van der Waals surface area contributed by atoms with Crippen molar-refractivity contribution in [3.05, 3.63) is 0 Å². The van der Waals surface area contributed by atoms with Crippen molar-refractivity contribution in [2.45, 2.75) is 106 Å². The van der Waals surface area contributed by atoms with Gasteiger partial charge in [-0.2, -0.15) is 0 Å². The molecule has 15 atom stereocenters. The number of aliphatic hydroxyl groups is 9. The molecule has 18 nitrogen and oxygen atoms in total. The minimum absolute atomic E-state index is 0.631. The van der Waals surface area contributed by atoms with Gasteiger partial charge >= 0.3 is 0 Å². The Morgan fingerprint density at radius 2 is 1.10 bits per heavy atom. The van der Waals surface area contributed by atoms with Crippen LogP contribution in [-0.2, 0) is 33.3 Å². The van der Waals surface area contributed by atoms with Gasteiger partial charge in [0.1, 0.15) is 73.1 Å². The molecule has 3 aliphatic heterocycles. The molecular weight excluding hydrogens is 548 g/mol. The molecule has 0 aliphatic carbocycles. The van der Waals surface area contributed by atoms with Crippen LogP contribution in [0, 0.1) is 0 Å². The van der Waals surface area contributed by atoms with E-state index >= 15 is 0 Å². The highest BCUT2D eigenvalue weighted by Crippen LogP contribution is 2.32. The fourth-order valence-corrected chi connectivity index (χ4v) is 4.86. The fraction of sp³-hybridized carbons (Fsp3) is 0.909. The van der Waals surface area contributed by atoms with Crippen molar-refractivity contribution >= 4 is 11.8 Å². The monoisotopic (exact) mass is 586 g/mol. The standard InChI is InChI=1S/C22H38N2O16/c1-6(28)23-11-16(33)18(10(5-27)36-20(11)35)39-22-17(34)19(14(31)9(4-26)38-22)40-21-12(24-7(2)29)15(32)13(30)8(3-25)37-21/h8-22,25-27,30-35H,3-5H2,1-2H3,(H,23,28)(H,24,29)/t8?,9?,10?,11?,12?,13-,14-,15+,16+,17?,18+,19-,20?,21+,22-/m0/s1. The third-order valence-corrected chi connectivity index (χ3v) is 6.90. The fourth-order valence-electron chi connectivity index (χ4n) is 4.86. The molecule has 3 rings (SSSR count). The van der Waals surface area contributed by atoms with Crippen molar-refractivity contribution in [1.82, 2.24) is 10.6 Å². The lowest BCUT2D eigenvalue weighted by molar-refractivity contribution is -0.367. The van der Waals surface area contributed by atoms with Crippen molar-refractivity contribution < 1.29 is 79.2 Å². The second-order valence-corrected chi connectivity index (χ2v) is 9.81. The van der Waals surface area contributed by atoms with Crippen molar-refractivity contribution in [2.24, 2.45) is 0 Å². The SMILES string of the molecule is CC(=O)NC1C(O)OC(CO)[C@@H](O[C@@H]2OC(CO)[C@H](O)[C@H](O[C@H]3OC(CO)[C@H](O)[C@H](O)C3NC(C)=O)C2O)[C@@H]1O. The van der Waals surface area contributed by atoms with Crippen molar-refractivity contribution in [3.8, 4) is 0 Å². The molecule has 7 unspecified atom stereocenters. The van der Waals surface area contributed by atoms with E-state index in [1.165, 1.54) is 0 Å². The number of amides is 2. The van der Waals surface area contributed by atoms with E-state index in [2.05, 4.69) is 10.6 Å². The summed E-state index contributed by atoms with van der Waals surface area (Å²) >= 11 is 0. The van der Waals surface area contributed by atoms with Gasteiger partial charge in [-0.05, 0) is 0 Å². The van der Waals surface area contributed by atoms with Gasteiger partial charge < -0.3 is 80.3 Å². The predicted octanol–water partition coefficient (Wildman–Crippen LogP) is -7.29. The lowest BCUT2D eigenvalue weighted by Gasteiger charge is -2.48. The van der Waals surface area contributed by atoms with E-state index in [1.54, 1.807) is 0 Å². The molecule has 0 aromatic carbocycles. The second-order valence-electron chi connectivity index (χ2n) is 9.81. The summed E-state index contributed by atoms with van der Waals surface area (Å²) in [5, 5.41) is 97.2. The Hall–Kier alpha value is -1.62. The smallest absolute Gasteiger partial charge is 0.217 e. The number of aliphatic hydroxyl groups excluding tert-OH is 9. The topological polar surface area (TPSA) is 286 Å². The van der Waals surface area contributed by atoms with Gasteiger partial charge in [-0.25, -0.2) is 0 Å². The van der Waals surface area contributed by atoms with Gasteiger partial charge in [-0.15, -0.1) is 0 Å². The highest BCUT2D eigenvalue weighted by molar-refractivity contribution is 5.73. The second kappa shape index (κ2) is 14.0. The summed E-state index contributed by atoms with van der Waals surface area (Å²) in [5.41, 5.74) is 0. The van der Waals surface area contributed by atoms with E-state index in [0.29, 0.717) is 0 Å². The first-order chi connectivity index (χ1) is 18.8. The Morgan fingerprint density at radius 1 is 0.600 bits per heavy atom. The van der Waals surface area contributed by atoms with Crippen LogP contribution in [0.15, 0.2) is 0 Å². The third kappa shape index (κ3) is 7.05. The molecule has 11 N–H and O–H groups in total. The molecule has 0 bridgehead atoms. The summed E-state index contributed by atoms with van der Waals surface area (Å²) < 4.78 is 27.5. The van der Waals surface area contributed by atoms with E-state index in [0.717, 1.165) is 13.8 Å². The number of hydrogen-bond donors (Lipinski definition) is 11. The van der Waals surface area contributed by atoms with Gasteiger partial charge in [-0.1, -0.05) is 0 Å². The van der Waals surface area contributed by atoms with E-state index in [1.807, 2.05) is 0 Å². The molecule has 0 spiro atoms. The predicted molar refractivity (Wildman–Crippen MR) is 124 cm³/mol. The summed E-state index contributed by atoms with van der Waals surface area (Å²) in [4.78, 5) is 23.3. The Balaban J connectivity index is 1.85. The molecule has 40 heavy (non-hydrogen) atoms. The zero-order valence-electron chi connectivity index (χ0n) is 21.7. The molecule has 0 radical (unpaired) electrons. The Bertz CT molecular complexity index is 854. The minimum atomic E-state index is -1.92. The summed E-state index contributed by atoms with van der Waals surface area (Å²) in [7, 11) is 0. The van der Waals surface area contributed by atoms with Crippen LogP contribution in [0.1, 0.15) is 13.8 Å². The third-order valence-electron chi connectivity index (χ3n) is 6.90. The maximum absolute atomic E-state index is 11.7. The summed E-state index contributed by atoms with van der Waals surface area (Å²) in [6.07, 6.45) is -21.4. The largest absolute Gasteiger partial charge is 0.394 e. The molecule has 3 fully saturated rings. The first kappa shape index (κ1) is 32.9. The number of rotatable bonds is 9. The highest BCUT2D eigenvalue weighted by Gasteiger charge is 2.54. The van der Waals surface area contributed by atoms with E-state index in [9.17, 15) is 55.5 Å². The van der Waals surface area contributed by atoms with Crippen LogP contribution in [-0.4, -0.2) is 170 Å². The van der Waals surface area contributed by atoms with Crippen LogP contribution >= 0.6 is 0 Å². The molecule has 3 heterocycles. The molecule has 3 aliphatic rings. The Kier molecular flexibility index (Phi) is 11.5. The van der Waals surface area contributed by atoms with Gasteiger partial charge in [0.25, 0.3) is 0 Å². The highest BCUT2D eigenvalue weighted by atomic mass is 16.7. The zero-order valence-corrected chi connectivity index (χ0v) is 21.7. The zero-order chi connectivity index (χ0) is 29.9. The summed E-state index contributed by atoms with van der Waals surface area (Å²) in [6.45, 7) is -0.140. The number of nitrogens with one attached hydrogen (secondary N) is 2. The van der Waals surface area contributed by atoms with Gasteiger partial charge in [0.05, 0.1) is 19.8 Å². The molecule has 232 valence electrons. The van der Waals surface area contributed by atoms with E-state index in [4.69, 9.17) is 23.7 Å². The van der Waals surface area contributed by atoms with Crippen molar-refractivity contribution in [3.63, 3.8) is 0 Å². The van der Waals surface area contributed by atoms with Gasteiger partial charge in [0, 0.05) is 13.8 Å². The quantitative estimate of drug-likeness (QED) is 0.120. The average molecular weight is 587 g/mol. The van der Waals surface area contributed by atoms with Crippen LogP contribution in [0.5, 0.6) is 0 Å². The van der Waals surface area contributed by atoms with Gasteiger partial charge in [0.2, 0.25) is 11.8 Å². The van der Waals surface area contributed by atoms with Crippen molar-refractivity contribution in [2.75, 3.05) is 19.8 Å². The summed E-state index contributed by atoms with van der Waals surface area (Å²) in [5.74, 6) is -1.29. The van der Waals surface area contributed by atoms with Crippen LogP contribution in [0.25, 0.3) is 0 Å². The lowest BCUT2D eigenvalue weighted by Crippen LogP contribution is -2.69. The molecule has 2 amide bonds. The first-order valence-corrected chi connectivity index (χ1v) is 12.6. The average Bonchev–Trinajstić information content (AvgIpc) is 2.90. The normalized spacial score (nSPS) is 46.0. The number of ether oxygens (including phenoxy) is 5. The van der Waals surface area contributed by atoms with Gasteiger partial charge in [-0.3, -0.25) is 9.59 Å². The van der Waals surface area contributed by atoms with E-state index < -0.39 is 124 Å². The Labute approximate surface area is 228 Å². The maximum atomic E-state index is 11.7. The maximum Gasteiger partial charge on any atom is 0.217 e. The molecule has 3 saturated heterocycles. The Morgan fingerprint density at radius 3 is 1.65 bits per heavy atom. The van der Waals surface area contributed by atoms with E-state index in [-0.39, 0.29) is 0 Å². The number of carbonyl (C=O) groups is 2. The first-order valence-electron chi connectivity index (χ1n) is 12.6. The van der Waals surface area contributed by atoms with Crippen LogP contribution in [0.2, 0.25) is 0 Å². The number of hydrogen-bond acceptors (Lipinski definition) is 16. The lowest BCUT2D eigenvalue weighted by atomic mass is 9.94. The molecule has 0 aromatic heterocycles. The van der Waals surface area contributed by atoms with Crippen molar-refractivity contribution in [1.29, 1.82) is 0 Å². The molecule has 0 aromatic rings. The van der Waals surface area contributed by atoms with Crippen LogP contribution in [0.4, 0.5) is 0 Å². The van der Waals surface area contributed by atoms with Crippen LogP contribution in [0.3, 0.4) is 0 Å². The number of carbonyl (C=O) groups excluding carboxylic acids is 2. The van der Waals surface area contributed by atoms with Crippen LogP contribution < -0.4 is 10.6 Å². The molecule has 18 heteroatoms. The minimum Gasteiger partial charge on any atom is -0.394 e.